The molecule has 1 aliphatic rings. The summed E-state index contributed by atoms with van der Waals surface area (Å²) in [4.78, 5) is 40.9. The van der Waals surface area contributed by atoms with Crippen LogP contribution < -0.4 is 16.0 Å². The maximum Gasteiger partial charge on any atom is 0.238 e. The summed E-state index contributed by atoms with van der Waals surface area (Å²) in [5, 5.41) is 17.6. The van der Waals surface area contributed by atoms with Crippen molar-refractivity contribution in [3.63, 3.8) is 0 Å². The Labute approximate surface area is 192 Å². The number of amides is 1. The molecule has 1 aliphatic heterocycles. The van der Waals surface area contributed by atoms with Gasteiger partial charge in [0.2, 0.25) is 11.0 Å². The Morgan fingerprint density at radius 2 is 1.97 bits per heavy atom. The van der Waals surface area contributed by atoms with Gasteiger partial charge >= 0.3 is 0 Å². The number of rotatable bonds is 12. The van der Waals surface area contributed by atoms with Crippen molar-refractivity contribution in [3.8, 4) is 0 Å². The number of thioether (sulfide) groups is 1. The molecule has 0 saturated carbocycles. The number of carbonyl (C=O) groups excluding carboxylic acids is 3. The van der Waals surface area contributed by atoms with Gasteiger partial charge in [0.15, 0.2) is 5.78 Å². The summed E-state index contributed by atoms with van der Waals surface area (Å²) in [6.07, 6.45) is 3.38. The molecule has 8 nitrogen and oxygen atoms in total. The summed E-state index contributed by atoms with van der Waals surface area (Å²) in [6.45, 7) is 5.40. The fourth-order valence-corrected chi connectivity index (χ4v) is 4.44. The van der Waals surface area contributed by atoms with Crippen molar-refractivity contribution in [2.45, 2.75) is 56.5 Å². The van der Waals surface area contributed by atoms with Gasteiger partial charge in [-0.2, -0.15) is 0 Å². The van der Waals surface area contributed by atoms with Gasteiger partial charge in [0.25, 0.3) is 0 Å². The molecular formula is C23H31N5O3S. The maximum atomic E-state index is 13.3. The minimum Gasteiger partial charge on any atom is -0.361 e. The van der Waals surface area contributed by atoms with E-state index in [0.29, 0.717) is 6.42 Å². The molecule has 1 saturated heterocycles. The predicted octanol–water partition coefficient (Wildman–Crippen LogP) is 1.79. The highest BCUT2D eigenvalue weighted by Gasteiger charge is 2.30. The quantitative estimate of drug-likeness (QED) is 0.309. The molecule has 3 rings (SSSR count). The molecule has 0 bridgehead atoms. The average molecular weight is 458 g/mol. The van der Waals surface area contributed by atoms with E-state index in [2.05, 4.69) is 20.9 Å². The molecule has 2 heterocycles. The van der Waals surface area contributed by atoms with E-state index in [9.17, 15) is 14.4 Å². The van der Waals surface area contributed by atoms with E-state index in [4.69, 9.17) is 5.41 Å². The van der Waals surface area contributed by atoms with Gasteiger partial charge in [0, 0.05) is 47.9 Å². The zero-order valence-electron chi connectivity index (χ0n) is 18.4. The largest absolute Gasteiger partial charge is 0.361 e. The first kappa shape index (κ1) is 24.2. The second-order valence-corrected chi connectivity index (χ2v) is 9.92. The zero-order chi connectivity index (χ0) is 23.1. The smallest absolute Gasteiger partial charge is 0.238 e. The predicted molar refractivity (Wildman–Crippen MR) is 128 cm³/mol. The zero-order valence-corrected chi connectivity index (χ0v) is 19.3. The standard InChI is InChI=1S/C23H31N5O3S/c1-14(2)32-23(31)20(8-7-17(29)10-24)28-22(30)21(27-16-12-25-13-16)9-15-11-26-19-6-4-3-5-18(15)19/h3-6,10-11,14,16,20-21,24-27H,7-9,12-13H2,1-2H3,(H,28,30)/t20-,21-/m0/s1. The molecule has 0 radical (unpaired) electrons. The van der Waals surface area contributed by atoms with Crippen molar-refractivity contribution in [2.75, 3.05) is 13.1 Å². The normalized spacial score (nSPS) is 15.8. The Bertz CT molecular complexity index is 969. The van der Waals surface area contributed by atoms with Crippen LogP contribution in [0.5, 0.6) is 0 Å². The van der Waals surface area contributed by atoms with E-state index < -0.39 is 12.1 Å². The van der Waals surface area contributed by atoms with Crippen LogP contribution in [0.1, 0.15) is 32.3 Å². The van der Waals surface area contributed by atoms with Crippen LogP contribution in [-0.2, 0) is 20.8 Å². The third kappa shape index (κ3) is 6.51. The number of carbonyl (C=O) groups is 3. The number of aromatic nitrogens is 1. The Morgan fingerprint density at radius 1 is 1.22 bits per heavy atom. The monoisotopic (exact) mass is 457 g/mol. The first-order chi connectivity index (χ1) is 15.4. The number of Topliss-reactive ketones (excluding diaryl/α,β-unsaturated/α-hetero) is 1. The van der Waals surface area contributed by atoms with E-state index in [1.807, 2.05) is 44.3 Å². The van der Waals surface area contributed by atoms with Crippen molar-refractivity contribution >= 4 is 45.7 Å². The molecule has 1 aromatic heterocycles. The molecule has 0 aliphatic carbocycles. The topological polar surface area (TPSA) is 127 Å². The minimum atomic E-state index is -0.773. The minimum absolute atomic E-state index is 0.0475. The van der Waals surface area contributed by atoms with Crippen molar-refractivity contribution in [1.82, 2.24) is 20.9 Å². The molecule has 9 heteroatoms. The Hall–Kier alpha value is -2.49. The number of nitrogens with one attached hydrogen (secondary N) is 5. The Balaban J connectivity index is 1.75. The number of H-pyrrole nitrogens is 1. The number of hydrogen-bond acceptors (Lipinski definition) is 7. The number of aromatic amines is 1. The highest BCUT2D eigenvalue weighted by Crippen LogP contribution is 2.20. The van der Waals surface area contributed by atoms with Crippen LogP contribution in [0.15, 0.2) is 30.5 Å². The van der Waals surface area contributed by atoms with Crippen LogP contribution in [0.2, 0.25) is 0 Å². The van der Waals surface area contributed by atoms with Crippen LogP contribution in [0.25, 0.3) is 10.9 Å². The summed E-state index contributed by atoms with van der Waals surface area (Å²) in [5.74, 6) is -0.618. The number of hydrogen-bond donors (Lipinski definition) is 5. The molecule has 1 fully saturated rings. The summed E-state index contributed by atoms with van der Waals surface area (Å²) in [6, 6.07) is 6.85. The number of ketones is 1. The lowest BCUT2D eigenvalue weighted by atomic mass is 10.0. The van der Waals surface area contributed by atoms with Gasteiger partial charge in [0.05, 0.1) is 18.3 Å². The van der Waals surface area contributed by atoms with Gasteiger partial charge in [0.1, 0.15) is 0 Å². The van der Waals surface area contributed by atoms with Gasteiger partial charge in [-0.15, -0.1) is 0 Å². The average Bonchev–Trinajstić information content (AvgIpc) is 3.14. The molecule has 0 spiro atoms. The number of benzene rings is 1. The third-order valence-electron chi connectivity index (χ3n) is 5.43. The molecule has 1 amide bonds. The molecule has 2 aromatic rings. The lowest BCUT2D eigenvalue weighted by Crippen LogP contribution is -2.62. The van der Waals surface area contributed by atoms with Gasteiger partial charge in [-0.3, -0.25) is 14.4 Å². The molecule has 0 unspecified atom stereocenters. The van der Waals surface area contributed by atoms with E-state index in [-0.39, 0.29) is 40.9 Å². The van der Waals surface area contributed by atoms with Gasteiger partial charge in [-0.25, -0.2) is 0 Å². The molecular weight excluding hydrogens is 426 g/mol. The third-order valence-corrected chi connectivity index (χ3v) is 6.42. The van der Waals surface area contributed by atoms with Crippen LogP contribution in [0, 0.1) is 5.41 Å². The van der Waals surface area contributed by atoms with Crippen molar-refractivity contribution in [1.29, 1.82) is 5.41 Å². The molecule has 32 heavy (non-hydrogen) atoms. The number of para-hydroxylation sites is 1. The van der Waals surface area contributed by atoms with Crippen molar-refractivity contribution in [3.05, 3.63) is 36.0 Å². The molecule has 172 valence electrons. The summed E-state index contributed by atoms with van der Waals surface area (Å²) < 4.78 is 0. The second-order valence-electron chi connectivity index (χ2n) is 8.33. The van der Waals surface area contributed by atoms with Crippen molar-refractivity contribution < 1.29 is 14.4 Å². The van der Waals surface area contributed by atoms with Gasteiger partial charge < -0.3 is 26.3 Å². The van der Waals surface area contributed by atoms with Gasteiger partial charge in [-0.1, -0.05) is 43.8 Å². The van der Waals surface area contributed by atoms with Gasteiger partial charge in [-0.05, 0) is 24.5 Å². The Morgan fingerprint density at radius 3 is 2.62 bits per heavy atom. The highest BCUT2D eigenvalue weighted by molar-refractivity contribution is 8.14. The fourth-order valence-electron chi connectivity index (χ4n) is 3.63. The fraction of sp³-hybridized carbons (Fsp3) is 0.478. The summed E-state index contributed by atoms with van der Waals surface area (Å²) in [7, 11) is 0. The number of fused-ring (bicyclic) bond motifs is 1. The van der Waals surface area contributed by atoms with Crippen LogP contribution in [0.4, 0.5) is 0 Å². The van der Waals surface area contributed by atoms with Crippen LogP contribution in [0.3, 0.4) is 0 Å². The summed E-state index contributed by atoms with van der Waals surface area (Å²) >= 11 is 1.15. The van der Waals surface area contributed by atoms with Crippen molar-refractivity contribution in [2.24, 2.45) is 0 Å². The highest BCUT2D eigenvalue weighted by atomic mass is 32.2. The lowest BCUT2D eigenvalue weighted by Gasteiger charge is -2.32. The Kier molecular flexibility index (Phi) is 8.60. The molecule has 5 N–H and O–H groups in total. The first-order valence-corrected chi connectivity index (χ1v) is 11.8. The maximum absolute atomic E-state index is 13.3. The van der Waals surface area contributed by atoms with E-state index in [1.165, 1.54) is 0 Å². The first-order valence-electron chi connectivity index (χ1n) is 10.9. The van der Waals surface area contributed by atoms with Crippen LogP contribution in [-0.4, -0.2) is 64.5 Å². The van der Waals surface area contributed by atoms with E-state index >= 15 is 0 Å². The van der Waals surface area contributed by atoms with Crippen LogP contribution >= 0.6 is 11.8 Å². The second kappa shape index (κ2) is 11.4. The summed E-state index contributed by atoms with van der Waals surface area (Å²) in [5.41, 5.74) is 2.04. The molecule has 1 aromatic carbocycles. The lowest BCUT2D eigenvalue weighted by molar-refractivity contribution is -0.127. The SMILES string of the molecule is CC(C)SC(=O)[C@H](CCC(=O)C=N)NC(=O)[C@H](Cc1c[nH]c2ccccc12)NC1CNC1. The van der Waals surface area contributed by atoms with E-state index in [0.717, 1.165) is 47.5 Å². The van der Waals surface area contributed by atoms with E-state index in [1.54, 1.807) is 0 Å². The molecule has 2 atom stereocenters.